The van der Waals surface area contributed by atoms with Crippen LogP contribution in [0.5, 0.6) is 0 Å². The van der Waals surface area contributed by atoms with E-state index in [9.17, 15) is 13.2 Å². The first-order chi connectivity index (χ1) is 14.5. The molecule has 2 aromatic carbocycles. The van der Waals surface area contributed by atoms with Gasteiger partial charge in [-0.25, -0.2) is 13.4 Å². The Hall–Kier alpha value is -2.22. The number of sulfonamides is 1. The number of fused-ring (bicyclic) bond motifs is 1. The van der Waals surface area contributed by atoms with Gasteiger partial charge in [0.1, 0.15) is 5.82 Å². The molecular formula is C23H28ClN3O3S. The van der Waals surface area contributed by atoms with E-state index in [1.165, 1.54) is 4.31 Å². The maximum atomic E-state index is 13.7. The van der Waals surface area contributed by atoms with E-state index in [2.05, 4.69) is 0 Å². The Kier molecular flexibility index (Phi) is 6.60. The van der Waals surface area contributed by atoms with Crippen molar-refractivity contribution in [3.63, 3.8) is 0 Å². The third kappa shape index (κ3) is 4.14. The van der Waals surface area contributed by atoms with Crippen LogP contribution in [-0.4, -0.2) is 29.3 Å². The summed E-state index contributed by atoms with van der Waals surface area (Å²) >= 11 is 6.12. The van der Waals surface area contributed by atoms with Crippen LogP contribution in [0, 0.1) is 20.8 Å². The molecule has 31 heavy (non-hydrogen) atoms. The van der Waals surface area contributed by atoms with Gasteiger partial charge in [-0.3, -0.25) is 9.36 Å². The molecule has 3 rings (SSSR count). The average molecular weight is 462 g/mol. The predicted molar refractivity (Wildman–Crippen MR) is 125 cm³/mol. The molecular weight excluding hydrogens is 434 g/mol. The lowest BCUT2D eigenvalue weighted by Gasteiger charge is -2.29. The van der Waals surface area contributed by atoms with E-state index in [0.29, 0.717) is 50.7 Å². The van der Waals surface area contributed by atoms with E-state index in [0.717, 1.165) is 5.56 Å². The summed E-state index contributed by atoms with van der Waals surface area (Å²) in [4.78, 5) is 18.1. The normalized spacial score (nSPS) is 13.2. The maximum Gasteiger partial charge on any atom is 0.261 e. The Morgan fingerprint density at radius 1 is 1.10 bits per heavy atom. The first kappa shape index (κ1) is 23.4. The molecule has 0 saturated carbocycles. The van der Waals surface area contributed by atoms with Gasteiger partial charge in [0.05, 0.1) is 21.8 Å². The monoisotopic (exact) mass is 461 g/mol. The quantitative estimate of drug-likeness (QED) is 0.530. The highest BCUT2D eigenvalue weighted by Crippen LogP contribution is 2.32. The van der Waals surface area contributed by atoms with Gasteiger partial charge in [-0.05, 0) is 63.4 Å². The van der Waals surface area contributed by atoms with Crippen LogP contribution < -0.4 is 5.56 Å². The Balaban J connectivity index is 2.22. The third-order valence-corrected chi connectivity index (χ3v) is 8.04. The van der Waals surface area contributed by atoms with Crippen LogP contribution in [-0.2, 0) is 16.6 Å². The third-order valence-electron chi connectivity index (χ3n) is 5.63. The summed E-state index contributed by atoms with van der Waals surface area (Å²) in [6.45, 7) is 9.68. The molecule has 0 fully saturated rings. The summed E-state index contributed by atoms with van der Waals surface area (Å²) in [6, 6.07) is 8.07. The van der Waals surface area contributed by atoms with Crippen molar-refractivity contribution in [1.82, 2.24) is 13.9 Å². The molecule has 0 aliphatic heterocycles. The second-order valence-electron chi connectivity index (χ2n) is 7.85. The standard InChI is InChI=1S/C23H28ClN3O3S/c1-7-20(26(6)31(29,30)21-15(4)11-14(3)12-16(21)5)22-25-19-13-17(24)9-10-18(19)23(28)27(22)8-2/h9-13,20H,7-8H2,1-6H3. The molecule has 1 aromatic heterocycles. The Bertz CT molecular complexity index is 1290. The van der Waals surface area contributed by atoms with Crippen molar-refractivity contribution in [2.45, 2.75) is 58.5 Å². The highest BCUT2D eigenvalue weighted by molar-refractivity contribution is 7.89. The van der Waals surface area contributed by atoms with Crippen LogP contribution in [0.15, 0.2) is 40.0 Å². The molecule has 6 nitrogen and oxygen atoms in total. The fourth-order valence-corrected chi connectivity index (χ4v) is 6.22. The molecule has 1 unspecified atom stereocenters. The van der Waals surface area contributed by atoms with Gasteiger partial charge in [0.25, 0.3) is 5.56 Å². The first-order valence-electron chi connectivity index (χ1n) is 10.3. The van der Waals surface area contributed by atoms with Crippen LogP contribution in [0.2, 0.25) is 5.02 Å². The highest BCUT2D eigenvalue weighted by Gasteiger charge is 2.33. The smallest absolute Gasteiger partial charge is 0.261 e. The van der Waals surface area contributed by atoms with Crippen molar-refractivity contribution in [2.75, 3.05) is 7.05 Å². The Morgan fingerprint density at radius 2 is 1.71 bits per heavy atom. The summed E-state index contributed by atoms with van der Waals surface area (Å²) in [5.41, 5.74) is 2.67. The van der Waals surface area contributed by atoms with Crippen molar-refractivity contribution in [3.05, 3.63) is 68.2 Å². The molecule has 3 aromatic rings. The van der Waals surface area contributed by atoms with Gasteiger partial charge >= 0.3 is 0 Å². The molecule has 0 aliphatic rings. The highest BCUT2D eigenvalue weighted by atomic mass is 35.5. The van der Waals surface area contributed by atoms with Crippen LogP contribution in [0.25, 0.3) is 10.9 Å². The summed E-state index contributed by atoms with van der Waals surface area (Å²) in [6.07, 6.45) is 0.457. The van der Waals surface area contributed by atoms with Crippen molar-refractivity contribution >= 4 is 32.5 Å². The predicted octanol–water partition coefficient (Wildman–Crippen LogP) is 4.77. The summed E-state index contributed by atoms with van der Waals surface area (Å²) in [7, 11) is -2.27. The van der Waals surface area contributed by atoms with Crippen molar-refractivity contribution in [2.24, 2.45) is 0 Å². The topological polar surface area (TPSA) is 72.3 Å². The molecule has 8 heteroatoms. The summed E-state index contributed by atoms with van der Waals surface area (Å²) < 4.78 is 30.2. The van der Waals surface area contributed by atoms with Gasteiger partial charge < -0.3 is 0 Å². The SMILES string of the molecule is CCC(c1nc2cc(Cl)ccc2c(=O)n1CC)N(C)S(=O)(=O)c1c(C)cc(C)cc1C. The zero-order chi connectivity index (χ0) is 23.1. The van der Waals surface area contributed by atoms with E-state index < -0.39 is 16.1 Å². The second-order valence-corrected chi connectivity index (χ2v) is 10.2. The molecule has 0 spiro atoms. The largest absolute Gasteiger partial charge is 0.295 e. The summed E-state index contributed by atoms with van der Waals surface area (Å²) in [5.74, 6) is 0.415. The molecule has 0 radical (unpaired) electrons. The zero-order valence-corrected chi connectivity index (χ0v) is 20.3. The number of aryl methyl sites for hydroxylation is 3. The Morgan fingerprint density at radius 3 is 2.26 bits per heavy atom. The van der Waals surface area contributed by atoms with Gasteiger partial charge in [0.15, 0.2) is 0 Å². The second kappa shape index (κ2) is 8.73. The van der Waals surface area contributed by atoms with Crippen molar-refractivity contribution in [3.8, 4) is 0 Å². The fourth-order valence-electron chi connectivity index (χ4n) is 4.26. The molecule has 0 saturated heterocycles. The van der Waals surface area contributed by atoms with Crippen molar-refractivity contribution in [1.29, 1.82) is 0 Å². The zero-order valence-electron chi connectivity index (χ0n) is 18.7. The van der Waals surface area contributed by atoms with Crippen molar-refractivity contribution < 1.29 is 8.42 Å². The summed E-state index contributed by atoms with van der Waals surface area (Å²) in [5, 5.41) is 0.931. The van der Waals surface area contributed by atoms with E-state index in [-0.39, 0.29) is 5.56 Å². The van der Waals surface area contributed by atoms with E-state index >= 15 is 0 Å². The number of nitrogens with zero attached hydrogens (tertiary/aromatic N) is 3. The van der Waals surface area contributed by atoms with Crippen LogP contribution in [0.1, 0.15) is 48.8 Å². The van der Waals surface area contributed by atoms with Crippen LogP contribution >= 0.6 is 11.6 Å². The van der Waals surface area contributed by atoms with E-state index in [4.69, 9.17) is 16.6 Å². The lowest BCUT2D eigenvalue weighted by molar-refractivity contribution is 0.339. The van der Waals surface area contributed by atoms with Gasteiger partial charge in [-0.2, -0.15) is 4.31 Å². The lowest BCUT2D eigenvalue weighted by Crippen LogP contribution is -2.36. The number of rotatable bonds is 6. The van der Waals surface area contributed by atoms with Gasteiger partial charge in [0, 0.05) is 18.6 Å². The molecule has 1 atom stereocenters. The molecule has 166 valence electrons. The fraction of sp³-hybridized carbons (Fsp3) is 0.391. The molecule has 0 N–H and O–H groups in total. The minimum absolute atomic E-state index is 0.203. The molecule has 1 heterocycles. The minimum Gasteiger partial charge on any atom is -0.295 e. The number of hydrogen-bond donors (Lipinski definition) is 0. The molecule has 0 aliphatic carbocycles. The van der Waals surface area contributed by atoms with E-state index in [1.54, 1.807) is 43.7 Å². The minimum atomic E-state index is -3.82. The van der Waals surface area contributed by atoms with Crippen LogP contribution in [0.3, 0.4) is 0 Å². The number of halogens is 1. The number of hydrogen-bond acceptors (Lipinski definition) is 4. The Labute approximate surface area is 188 Å². The first-order valence-corrected chi connectivity index (χ1v) is 12.1. The molecule has 0 bridgehead atoms. The van der Waals surface area contributed by atoms with Gasteiger partial charge in [0.2, 0.25) is 10.0 Å². The average Bonchev–Trinajstić information content (AvgIpc) is 2.67. The number of benzene rings is 2. The van der Waals surface area contributed by atoms with Crippen LogP contribution in [0.4, 0.5) is 0 Å². The maximum absolute atomic E-state index is 13.7. The molecule has 0 amide bonds. The van der Waals surface area contributed by atoms with E-state index in [1.807, 2.05) is 32.9 Å². The van der Waals surface area contributed by atoms with Gasteiger partial charge in [-0.15, -0.1) is 0 Å². The lowest BCUT2D eigenvalue weighted by atomic mass is 10.1. The number of aromatic nitrogens is 2. The van der Waals surface area contributed by atoms with Gasteiger partial charge in [-0.1, -0.05) is 36.2 Å².